The fraction of sp³-hybridized carbons (Fsp3) is 0.267. The average molecular weight is 340 g/mol. The highest BCUT2D eigenvalue weighted by atomic mass is 32.1. The molecule has 0 unspecified atom stereocenters. The molecular formula is C15H11F3N2O2S. The Morgan fingerprint density at radius 2 is 2.09 bits per heavy atom. The number of anilines is 1. The number of alkyl halides is 3. The molecule has 0 amide bonds. The first-order valence-electron chi connectivity index (χ1n) is 6.79. The third-order valence-electron chi connectivity index (χ3n) is 3.47. The minimum atomic E-state index is -4.49. The number of Topliss-reactive ketones (excluding diaryl/α,β-unsaturated/α-hetero) is 1. The van der Waals surface area contributed by atoms with Crippen molar-refractivity contribution < 1.29 is 22.8 Å². The largest absolute Gasteiger partial charge is 0.416 e. The Labute approximate surface area is 133 Å². The normalized spacial score (nSPS) is 15.3. The second-order valence-electron chi connectivity index (χ2n) is 5.13. The predicted octanol–water partition coefficient (Wildman–Crippen LogP) is 3.17. The number of hydrogen-bond acceptors (Lipinski definition) is 5. The Balaban J connectivity index is 1.84. The molecule has 0 N–H and O–H groups in total. The van der Waals surface area contributed by atoms with E-state index in [-0.39, 0.29) is 22.8 Å². The zero-order chi connectivity index (χ0) is 16.6. The van der Waals surface area contributed by atoms with Gasteiger partial charge in [-0.05, 0) is 12.1 Å². The van der Waals surface area contributed by atoms with E-state index in [1.165, 1.54) is 18.3 Å². The van der Waals surface area contributed by atoms with Crippen molar-refractivity contribution in [3.8, 4) is 0 Å². The first-order valence-corrected chi connectivity index (χ1v) is 7.60. The van der Waals surface area contributed by atoms with Crippen LogP contribution in [0.3, 0.4) is 0 Å². The van der Waals surface area contributed by atoms with Gasteiger partial charge < -0.3 is 4.90 Å². The van der Waals surface area contributed by atoms with Crippen LogP contribution in [0.25, 0.3) is 0 Å². The molecule has 1 aromatic carbocycles. The van der Waals surface area contributed by atoms with E-state index in [1.807, 2.05) is 0 Å². The SMILES string of the molecule is O=C1CCN(c2ncc(C(=O)c3cccc(C(F)(F)F)c3)s2)C1. The molecule has 0 spiro atoms. The molecule has 1 aliphatic heterocycles. The lowest BCUT2D eigenvalue weighted by Gasteiger charge is -2.10. The summed E-state index contributed by atoms with van der Waals surface area (Å²) in [5.74, 6) is -0.406. The molecular weight excluding hydrogens is 329 g/mol. The number of rotatable bonds is 3. The summed E-state index contributed by atoms with van der Waals surface area (Å²) in [6.45, 7) is 0.800. The van der Waals surface area contributed by atoms with Gasteiger partial charge in [-0.25, -0.2) is 4.98 Å². The molecule has 2 heterocycles. The van der Waals surface area contributed by atoms with Gasteiger partial charge in [0.2, 0.25) is 5.78 Å². The van der Waals surface area contributed by atoms with E-state index in [2.05, 4.69) is 4.98 Å². The maximum atomic E-state index is 12.7. The number of ketones is 2. The van der Waals surface area contributed by atoms with E-state index >= 15 is 0 Å². The van der Waals surface area contributed by atoms with Gasteiger partial charge in [0.25, 0.3) is 0 Å². The predicted molar refractivity (Wildman–Crippen MR) is 78.8 cm³/mol. The summed E-state index contributed by atoms with van der Waals surface area (Å²) >= 11 is 1.08. The zero-order valence-corrected chi connectivity index (χ0v) is 12.6. The van der Waals surface area contributed by atoms with E-state index in [0.717, 1.165) is 23.5 Å². The Hall–Kier alpha value is -2.22. The van der Waals surface area contributed by atoms with Crippen LogP contribution in [-0.4, -0.2) is 29.6 Å². The molecule has 8 heteroatoms. The Morgan fingerprint density at radius 1 is 1.30 bits per heavy atom. The van der Waals surface area contributed by atoms with Crippen LogP contribution in [0.1, 0.15) is 27.2 Å². The van der Waals surface area contributed by atoms with Gasteiger partial charge in [0.1, 0.15) is 0 Å². The highest BCUT2D eigenvalue weighted by Gasteiger charge is 2.31. The van der Waals surface area contributed by atoms with Gasteiger partial charge in [0, 0.05) is 18.5 Å². The summed E-state index contributed by atoms with van der Waals surface area (Å²) in [5.41, 5.74) is -0.897. The fourth-order valence-electron chi connectivity index (χ4n) is 2.29. The van der Waals surface area contributed by atoms with Gasteiger partial charge in [-0.2, -0.15) is 13.2 Å². The smallest absolute Gasteiger partial charge is 0.340 e. The van der Waals surface area contributed by atoms with Crippen molar-refractivity contribution in [2.24, 2.45) is 0 Å². The number of benzene rings is 1. The van der Waals surface area contributed by atoms with Gasteiger partial charge in [0.15, 0.2) is 10.9 Å². The van der Waals surface area contributed by atoms with Crippen LogP contribution in [0.5, 0.6) is 0 Å². The molecule has 4 nitrogen and oxygen atoms in total. The third-order valence-corrected chi connectivity index (χ3v) is 4.52. The summed E-state index contributed by atoms with van der Waals surface area (Å²) in [6.07, 6.45) is -2.72. The first kappa shape index (κ1) is 15.7. The third kappa shape index (κ3) is 3.26. The number of halogens is 3. The molecule has 0 saturated carbocycles. The van der Waals surface area contributed by atoms with Crippen LogP contribution in [-0.2, 0) is 11.0 Å². The van der Waals surface area contributed by atoms with Crippen molar-refractivity contribution in [1.29, 1.82) is 0 Å². The lowest BCUT2D eigenvalue weighted by molar-refractivity contribution is -0.137. The Morgan fingerprint density at radius 3 is 2.74 bits per heavy atom. The van der Waals surface area contributed by atoms with Crippen molar-refractivity contribution in [3.63, 3.8) is 0 Å². The summed E-state index contributed by atoms with van der Waals surface area (Å²) in [5, 5.41) is 0.533. The molecule has 0 atom stereocenters. The fourth-order valence-corrected chi connectivity index (χ4v) is 3.19. The topological polar surface area (TPSA) is 50.3 Å². The number of aromatic nitrogens is 1. The molecule has 1 saturated heterocycles. The van der Waals surface area contributed by atoms with Crippen LogP contribution in [0.2, 0.25) is 0 Å². The summed E-state index contributed by atoms with van der Waals surface area (Å²) < 4.78 is 38.2. The Bertz CT molecular complexity index is 770. The quantitative estimate of drug-likeness (QED) is 0.806. The van der Waals surface area contributed by atoms with E-state index in [1.54, 1.807) is 4.90 Å². The second kappa shape index (κ2) is 5.77. The number of thiazole rings is 1. The van der Waals surface area contributed by atoms with E-state index in [9.17, 15) is 22.8 Å². The number of hydrogen-bond donors (Lipinski definition) is 0. The van der Waals surface area contributed by atoms with Crippen molar-refractivity contribution in [1.82, 2.24) is 4.98 Å². The molecule has 2 aromatic rings. The lowest BCUT2D eigenvalue weighted by Crippen LogP contribution is -2.18. The van der Waals surface area contributed by atoms with Crippen molar-refractivity contribution in [2.45, 2.75) is 12.6 Å². The van der Waals surface area contributed by atoms with E-state index in [0.29, 0.717) is 18.1 Å². The maximum absolute atomic E-state index is 12.7. The highest BCUT2D eigenvalue weighted by molar-refractivity contribution is 7.17. The molecule has 3 rings (SSSR count). The maximum Gasteiger partial charge on any atom is 0.416 e. The number of nitrogens with zero attached hydrogens (tertiary/aromatic N) is 2. The van der Waals surface area contributed by atoms with Gasteiger partial charge >= 0.3 is 6.18 Å². The monoisotopic (exact) mass is 340 g/mol. The van der Waals surface area contributed by atoms with Crippen LogP contribution >= 0.6 is 11.3 Å². The Kier molecular flexibility index (Phi) is 3.93. The molecule has 0 aliphatic carbocycles. The lowest BCUT2D eigenvalue weighted by atomic mass is 10.1. The van der Waals surface area contributed by atoms with Gasteiger partial charge in [-0.1, -0.05) is 23.5 Å². The number of carbonyl (C=O) groups is 2. The van der Waals surface area contributed by atoms with E-state index in [4.69, 9.17) is 0 Å². The van der Waals surface area contributed by atoms with E-state index < -0.39 is 17.5 Å². The average Bonchev–Trinajstić information content (AvgIpc) is 3.14. The van der Waals surface area contributed by atoms with Gasteiger partial charge in [0.05, 0.1) is 23.2 Å². The second-order valence-corrected chi connectivity index (χ2v) is 6.13. The van der Waals surface area contributed by atoms with Crippen LogP contribution in [0.15, 0.2) is 30.5 Å². The molecule has 0 bridgehead atoms. The molecule has 1 aliphatic rings. The molecule has 120 valence electrons. The molecule has 1 fully saturated rings. The molecule has 1 aromatic heterocycles. The molecule has 0 radical (unpaired) electrons. The summed E-state index contributed by atoms with van der Waals surface area (Å²) in [4.78, 5) is 29.7. The minimum Gasteiger partial charge on any atom is -0.340 e. The zero-order valence-electron chi connectivity index (χ0n) is 11.8. The van der Waals surface area contributed by atoms with Crippen LogP contribution < -0.4 is 4.90 Å². The van der Waals surface area contributed by atoms with Crippen LogP contribution in [0, 0.1) is 0 Å². The van der Waals surface area contributed by atoms with Crippen molar-refractivity contribution >= 4 is 28.0 Å². The number of carbonyl (C=O) groups excluding carboxylic acids is 2. The van der Waals surface area contributed by atoms with Crippen molar-refractivity contribution in [3.05, 3.63) is 46.5 Å². The van der Waals surface area contributed by atoms with Crippen LogP contribution in [0.4, 0.5) is 18.3 Å². The van der Waals surface area contributed by atoms with Gasteiger partial charge in [-0.3, -0.25) is 9.59 Å². The molecule has 23 heavy (non-hydrogen) atoms. The first-order chi connectivity index (χ1) is 10.8. The van der Waals surface area contributed by atoms with Gasteiger partial charge in [-0.15, -0.1) is 0 Å². The summed E-state index contributed by atoms with van der Waals surface area (Å²) in [7, 11) is 0. The standard InChI is InChI=1S/C15H11F3N2O2S/c16-15(17,18)10-3-1-2-9(6-10)13(22)12-7-19-14(23-12)20-5-4-11(21)8-20/h1-3,6-7H,4-5,8H2. The van der Waals surface area contributed by atoms with Crippen molar-refractivity contribution in [2.75, 3.05) is 18.0 Å². The minimum absolute atomic E-state index is 0.0347. The highest BCUT2D eigenvalue weighted by Crippen LogP contribution is 2.31. The summed E-state index contributed by atoms with van der Waals surface area (Å²) in [6, 6.07) is 4.30.